The molecule has 0 bridgehead atoms. The minimum absolute atomic E-state index is 0.245. The van der Waals surface area contributed by atoms with Gasteiger partial charge in [0.25, 0.3) is 0 Å². The van der Waals surface area contributed by atoms with Crippen molar-refractivity contribution in [3.63, 3.8) is 0 Å². The van der Waals surface area contributed by atoms with Gasteiger partial charge in [-0.15, -0.1) is 23.2 Å². The number of halogens is 3. The molecule has 24 heavy (non-hydrogen) atoms. The molecule has 2 rings (SSSR count). The summed E-state index contributed by atoms with van der Waals surface area (Å²) in [6.45, 7) is 1.79. The summed E-state index contributed by atoms with van der Waals surface area (Å²) < 4.78 is 39.3. The highest BCUT2D eigenvalue weighted by atomic mass is 35.5. The molecule has 5 nitrogen and oxygen atoms in total. The average Bonchev–Trinajstić information content (AvgIpc) is 3.10. The van der Waals surface area contributed by atoms with E-state index in [0.29, 0.717) is 13.0 Å². The third-order valence-electron chi connectivity index (χ3n) is 3.84. The standard InChI is InChI=1S/C15H19Cl2FN2O3S/c1-10(14(21)19-8-4-5-11-9-15(11,16)17)20-24(22,23)13-7-3-2-6-12(13)18/h2-3,6-7,10-11,20H,4-5,8-9H2,1H3,(H,19,21)/t10-,11?/m0/s1. The first-order valence-corrected chi connectivity index (χ1v) is 9.80. The molecule has 0 radical (unpaired) electrons. The van der Waals surface area contributed by atoms with Crippen LogP contribution in [0.25, 0.3) is 0 Å². The van der Waals surface area contributed by atoms with Gasteiger partial charge in [0, 0.05) is 6.54 Å². The molecule has 1 fully saturated rings. The summed E-state index contributed by atoms with van der Waals surface area (Å²) in [5, 5.41) is 2.64. The maximum atomic E-state index is 13.6. The number of nitrogens with one attached hydrogen (secondary N) is 2. The summed E-state index contributed by atoms with van der Waals surface area (Å²) in [6.07, 6.45) is 2.25. The van der Waals surface area contributed by atoms with Crippen LogP contribution in [0.5, 0.6) is 0 Å². The van der Waals surface area contributed by atoms with Gasteiger partial charge in [-0.3, -0.25) is 4.79 Å². The van der Waals surface area contributed by atoms with Crippen LogP contribution in [0.1, 0.15) is 26.2 Å². The van der Waals surface area contributed by atoms with Crippen LogP contribution in [-0.2, 0) is 14.8 Å². The van der Waals surface area contributed by atoms with Gasteiger partial charge in [-0.25, -0.2) is 12.8 Å². The molecule has 0 spiro atoms. The van der Waals surface area contributed by atoms with Crippen LogP contribution >= 0.6 is 23.2 Å². The molecule has 2 N–H and O–H groups in total. The normalized spacial score (nSPS) is 20.4. The van der Waals surface area contributed by atoms with Crippen molar-refractivity contribution in [3.8, 4) is 0 Å². The summed E-state index contributed by atoms with van der Waals surface area (Å²) in [7, 11) is -4.11. The lowest BCUT2D eigenvalue weighted by Gasteiger charge is -2.14. The predicted octanol–water partition coefficient (Wildman–Crippen LogP) is 2.58. The van der Waals surface area contributed by atoms with Crippen molar-refractivity contribution in [3.05, 3.63) is 30.1 Å². The zero-order valence-electron chi connectivity index (χ0n) is 13.1. The number of benzene rings is 1. The van der Waals surface area contributed by atoms with Gasteiger partial charge in [0.05, 0.1) is 6.04 Å². The van der Waals surface area contributed by atoms with E-state index in [-0.39, 0.29) is 5.92 Å². The first-order chi connectivity index (χ1) is 11.1. The highest BCUT2D eigenvalue weighted by Crippen LogP contribution is 2.55. The van der Waals surface area contributed by atoms with Gasteiger partial charge in [0.15, 0.2) is 0 Å². The first kappa shape index (κ1) is 19.4. The minimum Gasteiger partial charge on any atom is -0.355 e. The molecule has 9 heteroatoms. The highest BCUT2D eigenvalue weighted by Gasteiger charge is 2.50. The molecule has 1 aliphatic rings. The number of hydrogen-bond acceptors (Lipinski definition) is 3. The second-order valence-corrected chi connectivity index (χ2v) is 9.09. The van der Waals surface area contributed by atoms with Crippen molar-refractivity contribution in [2.45, 2.75) is 41.5 Å². The average molecular weight is 397 g/mol. The predicted molar refractivity (Wildman–Crippen MR) is 91.0 cm³/mol. The molecule has 0 aromatic heterocycles. The van der Waals surface area contributed by atoms with Gasteiger partial charge in [-0.2, -0.15) is 4.72 Å². The highest BCUT2D eigenvalue weighted by molar-refractivity contribution is 7.89. The smallest absolute Gasteiger partial charge is 0.244 e. The van der Waals surface area contributed by atoms with E-state index in [2.05, 4.69) is 10.0 Å². The van der Waals surface area contributed by atoms with Gasteiger partial charge in [0.1, 0.15) is 15.0 Å². The SMILES string of the molecule is C[C@H](NS(=O)(=O)c1ccccc1F)C(=O)NCCCC1CC1(Cl)Cl. The lowest BCUT2D eigenvalue weighted by Crippen LogP contribution is -2.45. The lowest BCUT2D eigenvalue weighted by atomic mass is 10.2. The second kappa shape index (κ2) is 7.56. The fourth-order valence-electron chi connectivity index (χ4n) is 2.31. The van der Waals surface area contributed by atoms with Crippen molar-refractivity contribution >= 4 is 39.1 Å². The van der Waals surface area contributed by atoms with Gasteiger partial charge in [0.2, 0.25) is 15.9 Å². The molecule has 1 amide bonds. The molecule has 1 aliphatic carbocycles. The number of sulfonamides is 1. The Morgan fingerprint density at radius 3 is 2.62 bits per heavy atom. The van der Waals surface area contributed by atoms with E-state index in [4.69, 9.17) is 23.2 Å². The number of alkyl halides is 2. The van der Waals surface area contributed by atoms with Crippen molar-refractivity contribution in [1.29, 1.82) is 0 Å². The molecule has 0 heterocycles. The van der Waals surface area contributed by atoms with Gasteiger partial charge in [-0.1, -0.05) is 12.1 Å². The van der Waals surface area contributed by atoms with E-state index in [1.165, 1.54) is 19.1 Å². The van der Waals surface area contributed by atoms with Gasteiger partial charge >= 0.3 is 0 Å². The topological polar surface area (TPSA) is 75.3 Å². The van der Waals surface area contributed by atoms with E-state index in [9.17, 15) is 17.6 Å². The van der Waals surface area contributed by atoms with Crippen LogP contribution in [0.3, 0.4) is 0 Å². The summed E-state index contributed by atoms with van der Waals surface area (Å²) in [6, 6.07) is 3.97. The Labute approximate surface area is 151 Å². The number of hydrogen-bond donors (Lipinski definition) is 2. The van der Waals surface area contributed by atoms with E-state index in [0.717, 1.165) is 25.0 Å². The largest absolute Gasteiger partial charge is 0.355 e. The molecule has 0 saturated heterocycles. The molecule has 1 aromatic rings. The lowest BCUT2D eigenvalue weighted by molar-refractivity contribution is -0.122. The summed E-state index contributed by atoms with van der Waals surface area (Å²) in [5.41, 5.74) is 0. The Morgan fingerprint density at radius 2 is 2.04 bits per heavy atom. The molecule has 1 saturated carbocycles. The monoisotopic (exact) mass is 396 g/mol. The van der Waals surface area contributed by atoms with Crippen molar-refractivity contribution < 1.29 is 17.6 Å². The Hall–Kier alpha value is -0.890. The van der Waals surface area contributed by atoms with Crippen molar-refractivity contribution in [2.24, 2.45) is 5.92 Å². The Morgan fingerprint density at radius 1 is 1.42 bits per heavy atom. The van der Waals surface area contributed by atoms with Crippen LogP contribution in [0.15, 0.2) is 29.2 Å². The summed E-state index contributed by atoms with van der Waals surface area (Å²) >= 11 is 11.8. The zero-order valence-corrected chi connectivity index (χ0v) is 15.4. The number of amides is 1. The zero-order chi connectivity index (χ0) is 18.0. The molecule has 1 aromatic carbocycles. The number of rotatable bonds is 8. The van der Waals surface area contributed by atoms with Crippen LogP contribution in [0.2, 0.25) is 0 Å². The third-order valence-corrected chi connectivity index (χ3v) is 6.34. The maximum Gasteiger partial charge on any atom is 0.244 e. The molecule has 0 aliphatic heterocycles. The minimum atomic E-state index is -4.11. The van der Waals surface area contributed by atoms with E-state index < -0.39 is 37.0 Å². The Kier molecular flexibility index (Phi) is 6.12. The van der Waals surface area contributed by atoms with Crippen LogP contribution in [0.4, 0.5) is 4.39 Å². The van der Waals surface area contributed by atoms with E-state index in [1.54, 1.807) is 0 Å². The Balaban J connectivity index is 1.79. The fraction of sp³-hybridized carbons (Fsp3) is 0.533. The molecule has 2 atom stereocenters. The number of carbonyl (C=O) groups excluding carboxylic acids is 1. The summed E-state index contributed by atoms with van der Waals surface area (Å²) in [4.78, 5) is 11.5. The van der Waals surface area contributed by atoms with E-state index in [1.807, 2.05) is 0 Å². The van der Waals surface area contributed by atoms with Gasteiger partial charge < -0.3 is 5.32 Å². The quantitative estimate of drug-likeness (QED) is 0.523. The van der Waals surface area contributed by atoms with Crippen LogP contribution in [-0.4, -0.2) is 31.2 Å². The fourth-order valence-corrected chi connectivity index (χ4v) is 4.18. The number of carbonyl (C=O) groups is 1. The van der Waals surface area contributed by atoms with Crippen molar-refractivity contribution in [1.82, 2.24) is 10.0 Å². The van der Waals surface area contributed by atoms with Crippen LogP contribution in [0, 0.1) is 11.7 Å². The van der Waals surface area contributed by atoms with Gasteiger partial charge in [-0.05, 0) is 44.2 Å². The van der Waals surface area contributed by atoms with E-state index >= 15 is 0 Å². The van der Waals surface area contributed by atoms with Crippen LogP contribution < -0.4 is 10.0 Å². The second-order valence-electron chi connectivity index (χ2n) is 5.87. The third kappa shape index (κ3) is 5.05. The first-order valence-electron chi connectivity index (χ1n) is 7.56. The summed E-state index contributed by atoms with van der Waals surface area (Å²) in [5.74, 6) is -1.10. The Bertz CT molecular complexity index is 712. The molecular formula is C15H19Cl2FN2O3S. The molecule has 134 valence electrons. The van der Waals surface area contributed by atoms with Crippen molar-refractivity contribution in [2.75, 3.05) is 6.54 Å². The molecular weight excluding hydrogens is 378 g/mol. The molecule has 1 unspecified atom stereocenters. The maximum absolute atomic E-state index is 13.6.